The second-order valence-corrected chi connectivity index (χ2v) is 23.2. The number of pyridine rings is 1. The third kappa shape index (κ3) is 13.0. The van der Waals surface area contributed by atoms with Gasteiger partial charge < -0.3 is 46.4 Å². The molecule has 2 aromatic heterocycles. The number of aryl methyl sites for hydroxylation is 1. The zero-order valence-electron chi connectivity index (χ0n) is 43.1. The Balaban J connectivity index is 0.807. The third-order valence-electron chi connectivity index (χ3n) is 14.7. The number of nitrogens with one attached hydrogen (secondary N) is 5. The first-order valence-electron chi connectivity index (χ1n) is 25.1. The summed E-state index contributed by atoms with van der Waals surface area (Å²) in [6, 6.07) is 15.4. The van der Waals surface area contributed by atoms with Gasteiger partial charge in [-0.3, -0.25) is 24.1 Å². The maximum Gasteiger partial charge on any atom is 0.253 e. The quantitative estimate of drug-likeness (QED) is 0.0559. The Bertz CT molecular complexity index is 2610. The van der Waals surface area contributed by atoms with Crippen LogP contribution in [0.4, 0.5) is 5.82 Å². The number of hydrogen-bond acceptors (Lipinski definition) is 14. The predicted molar refractivity (Wildman–Crippen MR) is 282 cm³/mol. The van der Waals surface area contributed by atoms with Gasteiger partial charge in [-0.1, -0.05) is 84.3 Å². The molecule has 2 saturated heterocycles. The number of carbonyl (C=O) groups is 4. The van der Waals surface area contributed by atoms with Gasteiger partial charge in [-0.25, -0.2) is 9.97 Å². The molecule has 4 aromatic rings. The van der Waals surface area contributed by atoms with Crippen LogP contribution in [-0.2, 0) is 14.4 Å². The molecule has 4 amide bonds. The Morgan fingerprint density at radius 2 is 1.70 bits per heavy atom. The first-order valence-corrected chi connectivity index (χ1v) is 26.4. The standard InChI is InChI=1S/C54H71ClN10O7S/c1-32-45(73-31-60-32)35-11-9-34(10-12-35)41(30-66)61-48(70)42-23-38(67)28-65(42)49(71)46(52(2,3)4)62-44(68)29-64-21-17-33(18-22-64)26-57-19-20-58-43-16-14-37(27-59-43)47(69)63-50-53(5,6)51(54(50,7)8)72-39-15-13-36(25-56)40(55)24-39/h9-16,24,27,31,33,38,41-42,46,50-51,57,66-67H,17-23,26,28-30H2,1-8H3,(H,58,59)(H,61,70)(H,62,68)(H,63,69)/t38-,41+,42+,46-,50?,51?/m1/s1. The molecular formula is C54H71ClN10O7S. The molecule has 0 radical (unpaired) electrons. The van der Waals surface area contributed by atoms with Crippen LogP contribution in [0.15, 0.2) is 66.3 Å². The Morgan fingerprint density at radius 3 is 2.30 bits per heavy atom. The van der Waals surface area contributed by atoms with Crippen molar-refractivity contribution in [2.24, 2.45) is 22.2 Å². The van der Waals surface area contributed by atoms with Crippen LogP contribution in [0.3, 0.4) is 0 Å². The topological polar surface area (TPSA) is 234 Å². The van der Waals surface area contributed by atoms with Gasteiger partial charge in [0.2, 0.25) is 17.7 Å². The molecule has 0 unspecified atom stereocenters. The molecule has 19 heteroatoms. The molecule has 3 aliphatic rings. The van der Waals surface area contributed by atoms with Crippen LogP contribution in [0.5, 0.6) is 5.75 Å². The monoisotopic (exact) mass is 1040 g/mol. The van der Waals surface area contributed by atoms with Gasteiger partial charge in [0.15, 0.2) is 0 Å². The zero-order valence-corrected chi connectivity index (χ0v) is 44.7. The van der Waals surface area contributed by atoms with E-state index in [1.54, 1.807) is 42.0 Å². The summed E-state index contributed by atoms with van der Waals surface area (Å²) in [5.74, 6) is 0.246. The first-order chi connectivity index (χ1) is 34.6. The summed E-state index contributed by atoms with van der Waals surface area (Å²) in [7, 11) is 0. The van der Waals surface area contributed by atoms with E-state index in [9.17, 15) is 34.7 Å². The van der Waals surface area contributed by atoms with Gasteiger partial charge in [0.1, 0.15) is 35.8 Å². The Kier molecular flexibility index (Phi) is 17.5. The van der Waals surface area contributed by atoms with Gasteiger partial charge in [-0.05, 0) is 86.1 Å². The van der Waals surface area contributed by atoms with E-state index in [0.717, 1.165) is 48.6 Å². The summed E-state index contributed by atoms with van der Waals surface area (Å²) in [6.07, 6.45) is 2.29. The number of anilines is 1. The van der Waals surface area contributed by atoms with E-state index >= 15 is 0 Å². The minimum Gasteiger partial charge on any atom is -0.489 e. The lowest BCUT2D eigenvalue weighted by atomic mass is 9.49. The average molecular weight is 1040 g/mol. The Morgan fingerprint density at radius 1 is 0.986 bits per heavy atom. The van der Waals surface area contributed by atoms with Crippen molar-refractivity contribution in [3.63, 3.8) is 0 Å². The van der Waals surface area contributed by atoms with Gasteiger partial charge in [0.25, 0.3) is 5.91 Å². The van der Waals surface area contributed by atoms with Gasteiger partial charge in [-0.15, -0.1) is 11.3 Å². The summed E-state index contributed by atoms with van der Waals surface area (Å²) in [5, 5.41) is 46.5. The van der Waals surface area contributed by atoms with Crippen LogP contribution in [0.1, 0.15) is 101 Å². The van der Waals surface area contributed by atoms with E-state index < -0.39 is 52.3 Å². The predicted octanol–water partition coefficient (Wildman–Crippen LogP) is 5.71. The second-order valence-electron chi connectivity index (χ2n) is 22.0. The SMILES string of the molecule is Cc1ncsc1-c1ccc([C@H](CO)NC(=O)[C@@H]2C[C@@H](O)CN2C(=O)[C@@H](NC(=O)CN2CCC(CNCCNc3ccc(C(=O)NC4C(C)(C)C(Oc5ccc(C#N)c(Cl)c5)C4(C)C)cn3)CC2)C(C)(C)C)cc1. The largest absolute Gasteiger partial charge is 0.489 e. The number of benzene rings is 2. The molecule has 1 saturated carbocycles. The van der Waals surface area contributed by atoms with Crippen molar-refractivity contribution in [3.8, 4) is 22.3 Å². The van der Waals surface area contributed by atoms with Gasteiger partial charge >= 0.3 is 0 Å². The number of aliphatic hydroxyl groups is 2. The number of nitriles is 1. The lowest BCUT2D eigenvalue weighted by Crippen LogP contribution is -2.74. The number of β-amino-alcohol motifs (C(OH)–C–C–N with tert-alkyl or cyclic N) is 1. The number of thiazole rings is 1. The van der Waals surface area contributed by atoms with Crippen LogP contribution in [0.2, 0.25) is 5.02 Å². The normalized spacial score (nSPS) is 21.5. The van der Waals surface area contributed by atoms with Crippen molar-refractivity contribution >= 4 is 52.4 Å². The summed E-state index contributed by atoms with van der Waals surface area (Å²) >= 11 is 7.78. The fourth-order valence-corrected chi connectivity index (χ4v) is 11.9. The molecule has 392 valence electrons. The number of amides is 4. The van der Waals surface area contributed by atoms with Crippen molar-refractivity contribution < 1.29 is 34.1 Å². The number of ether oxygens (including phenoxy) is 1. The summed E-state index contributed by atoms with van der Waals surface area (Å²) in [5.41, 5.74) is 3.75. The molecule has 7 rings (SSSR count). The van der Waals surface area contributed by atoms with Gasteiger partial charge in [-0.2, -0.15) is 5.26 Å². The van der Waals surface area contributed by atoms with Gasteiger partial charge in [0.05, 0.1) is 57.5 Å². The molecule has 73 heavy (non-hydrogen) atoms. The number of halogens is 1. The fourth-order valence-electron chi connectivity index (χ4n) is 10.9. The van der Waals surface area contributed by atoms with E-state index in [1.165, 1.54) is 16.2 Å². The number of aliphatic hydroxyl groups excluding tert-OH is 2. The third-order valence-corrected chi connectivity index (χ3v) is 16.0. The van der Waals surface area contributed by atoms with Crippen LogP contribution < -0.4 is 31.3 Å². The first kappa shape index (κ1) is 55.1. The van der Waals surface area contributed by atoms with E-state index in [4.69, 9.17) is 16.3 Å². The molecule has 2 aromatic carbocycles. The molecule has 2 aliphatic heterocycles. The molecule has 1 aliphatic carbocycles. The van der Waals surface area contributed by atoms with Crippen LogP contribution in [0, 0.1) is 40.4 Å². The Hall–Kier alpha value is -5.68. The van der Waals surface area contributed by atoms with Crippen molar-refractivity contribution in [2.75, 3.05) is 57.7 Å². The average Bonchev–Trinajstić information content (AvgIpc) is 3.98. The highest BCUT2D eigenvalue weighted by molar-refractivity contribution is 7.13. The molecule has 0 spiro atoms. The van der Waals surface area contributed by atoms with E-state index in [1.807, 2.05) is 52.0 Å². The van der Waals surface area contributed by atoms with Crippen molar-refractivity contribution in [1.29, 1.82) is 5.26 Å². The highest BCUT2D eigenvalue weighted by atomic mass is 35.5. The lowest BCUT2D eigenvalue weighted by molar-refractivity contribution is -0.164. The maximum atomic E-state index is 14.3. The highest BCUT2D eigenvalue weighted by Crippen LogP contribution is 2.55. The number of rotatable bonds is 19. The van der Waals surface area contributed by atoms with Crippen LogP contribution >= 0.6 is 22.9 Å². The van der Waals surface area contributed by atoms with E-state index in [-0.39, 0.29) is 50.1 Å². The number of aromatic nitrogens is 2. The minimum atomic E-state index is -0.982. The molecule has 4 heterocycles. The molecule has 4 atom stereocenters. The minimum absolute atomic E-state index is 0.0378. The zero-order chi connectivity index (χ0) is 52.8. The number of piperidine rings is 1. The fraction of sp³-hybridized carbons (Fsp3) is 0.537. The lowest BCUT2D eigenvalue weighted by Gasteiger charge is -2.63. The number of hydrogen-bond donors (Lipinski definition) is 7. The molecule has 17 nitrogen and oxygen atoms in total. The van der Waals surface area contributed by atoms with Crippen molar-refractivity contribution in [3.05, 3.63) is 93.7 Å². The number of nitrogens with zero attached hydrogens (tertiary/aromatic N) is 5. The second kappa shape index (κ2) is 23.3. The summed E-state index contributed by atoms with van der Waals surface area (Å²) in [6.45, 7) is 19.1. The molecule has 3 fully saturated rings. The van der Waals surface area contributed by atoms with Gasteiger partial charge in [0, 0.05) is 55.2 Å². The Labute approximate surface area is 437 Å². The van der Waals surface area contributed by atoms with Crippen LogP contribution in [-0.4, -0.2) is 136 Å². The van der Waals surface area contributed by atoms with E-state index in [0.29, 0.717) is 52.3 Å². The van der Waals surface area contributed by atoms with Crippen LogP contribution in [0.25, 0.3) is 10.4 Å². The van der Waals surface area contributed by atoms with Crippen molar-refractivity contribution in [2.45, 2.75) is 111 Å². The maximum absolute atomic E-state index is 14.3. The van der Waals surface area contributed by atoms with E-state index in [2.05, 4.69) is 75.2 Å². The summed E-state index contributed by atoms with van der Waals surface area (Å²) in [4.78, 5) is 68.3. The molecular weight excluding hydrogens is 968 g/mol. The smallest absolute Gasteiger partial charge is 0.253 e. The summed E-state index contributed by atoms with van der Waals surface area (Å²) < 4.78 is 6.36. The molecule has 7 N–H and O–H groups in total. The number of likely N-dealkylation sites (tertiary alicyclic amines) is 2. The molecule has 0 bridgehead atoms. The number of carbonyl (C=O) groups excluding carboxylic acids is 4. The highest BCUT2D eigenvalue weighted by Gasteiger charge is 2.64. The van der Waals surface area contributed by atoms with Crippen molar-refractivity contribution in [1.82, 2.24) is 41.0 Å².